The molecule has 0 bridgehead atoms. The van der Waals surface area contributed by atoms with Gasteiger partial charge in [-0.15, -0.1) is 0 Å². The van der Waals surface area contributed by atoms with E-state index in [0.29, 0.717) is 19.8 Å². The second-order valence-electron chi connectivity index (χ2n) is 3.59. The van der Waals surface area contributed by atoms with E-state index in [1.807, 2.05) is 11.9 Å². The Kier molecular flexibility index (Phi) is 5.21. The van der Waals surface area contributed by atoms with Crippen LogP contribution < -0.4 is 5.32 Å². The van der Waals surface area contributed by atoms with Crippen LogP contribution >= 0.6 is 0 Å². The van der Waals surface area contributed by atoms with E-state index in [0.717, 1.165) is 6.54 Å². The van der Waals surface area contributed by atoms with E-state index in [2.05, 4.69) is 5.32 Å². The van der Waals surface area contributed by atoms with Gasteiger partial charge in [0, 0.05) is 6.54 Å². The van der Waals surface area contributed by atoms with Gasteiger partial charge in [-0.05, 0) is 14.0 Å². The third-order valence-electron chi connectivity index (χ3n) is 2.41. The lowest BCUT2D eigenvalue weighted by atomic mass is 10.2. The summed E-state index contributed by atoms with van der Waals surface area (Å²) in [6, 6.07) is -0.317. The molecule has 0 aliphatic carbocycles. The Morgan fingerprint density at radius 2 is 2.31 bits per heavy atom. The third-order valence-corrected chi connectivity index (χ3v) is 2.41. The van der Waals surface area contributed by atoms with E-state index in [4.69, 9.17) is 9.47 Å². The van der Waals surface area contributed by atoms with E-state index in [9.17, 15) is 9.59 Å². The van der Waals surface area contributed by atoms with Gasteiger partial charge >= 0.3 is 5.97 Å². The van der Waals surface area contributed by atoms with Crippen LogP contribution in [0.2, 0.25) is 0 Å². The largest absolute Gasteiger partial charge is 0.465 e. The molecule has 1 aliphatic rings. The maximum absolute atomic E-state index is 11.7. The van der Waals surface area contributed by atoms with Crippen molar-refractivity contribution in [3.8, 4) is 0 Å². The molecule has 0 aromatic carbocycles. The topological polar surface area (TPSA) is 67.9 Å². The highest BCUT2D eigenvalue weighted by molar-refractivity contribution is 5.85. The smallest absolute Gasteiger partial charge is 0.325 e. The molecule has 0 aromatic heterocycles. The standard InChI is InChI=1S/C10H18N2O4/c1-3-16-9(13)6-11-10(14)8-7-15-5-4-12(8)2/h8H,3-7H2,1-2H3,(H,11,14)/t8-/m0/s1. The zero-order valence-electron chi connectivity index (χ0n) is 9.69. The highest BCUT2D eigenvalue weighted by Gasteiger charge is 2.26. The van der Waals surface area contributed by atoms with Crippen LogP contribution in [0, 0.1) is 0 Å². The Hall–Kier alpha value is -1.14. The maximum Gasteiger partial charge on any atom is 0.325 e. The van der Waals surface area contributed by atoms with Gasteiger partial charge in [-0.3, -0.25) is 14.5 Å². The van der Waals surface area contributed by atoms with Crippen molar-refractivity contribution in [3.05, 3.63) is 0 Å². The van der Waals surface area contributed by atoms with Crippen LogP contribution in [-0.2, 0) is 19.1 Å². The van der Waals surface area contributed by atoms with Gasteiger partial charge in [0.25, 0.3) is 0 Å². The third kappa shape index (κ3) is 3.79. The molecule has 92 valence electrons. The van der Waals surface area contributed by atoms with Crippen LogP contribution in [0.25, 0.3) is 0 Å². The number of ether oxygens (including phenoxy) is 2. The number of amides is 1. The predicted octanol–water partition coefficient (Wildman–Crippen LogP) is -1.00. The number of hydrogen-bond donors (Lipinski definition) is 1. The van der Waals surface area contributed by atoms with Crippen molar-refractivity contribution in [2.75, 3.05) is 40.0 Å². The second-order valence-corrected chi connectivity index (χ2v) is 3.59. The number of carbonyl (C=O) groups excluding carboxylic acids is 2. The van der Waals surface area contributed by atoms with Gasteiger partial charge in [-0.25, -0.2) is 0 Å². The van der Waals surface area contributed by atoms with Crippen LogP contribution in [0.3, 0.4) is 0 Å². The first-order valence-electron chi connectivity index (χ1n) is 5.36. The number of hydrogen-bond acceptors (Lipinski definition) is 5. The highest BCUT2D eigenvalue weighted by Crippen LogP contribution is 2.03. The molecule has 1 saturated heterocycles. The second kappa shape index (κ2) is 6.44. The van der Waals surface area contributed by atoms with Crippen LogP contribution in [0.15, 0.2) is 0 Å². The van der Waals surface area contributed by atoms with Crippen LogP contribution in [-0.4, -0.2) is 62.8 Å². The summed E-state index contributed by atoms with van der Waals surface area (Å²) in [4.78, 5) is 24.6. The monoisotopic (exact) mass is 230 g/mol. The number of nitrogens with zero attached hydrogens (tertiary/aromatic N) is 1. The molecule has 1 fully saturated rings. The zero-order valence-corrected chi connectivity index (χ0v) is 9.69. The van der Waals surface area contributed by atoms with Crippen molar-refractivity contribution in [2.45, 2.75) is 13.0 Å². The summed E-state index contributed by atoms with van der Waals surface area (Å²) in [6.07, 6.45) is 0. The van der Waals surface area contributed by atoms with E-state index < -0.39 is 5.97 Å². The molecular weight excluding hydrogens is 212 g/mol. The van der Waals surface area contributed by atoms with Crippen molar-refractivity contribution in [1.29, 1.82) is 0 Å². The Morgan fingerprint density at radius 3 is 2.94 bits per heavy atom. The summed E-state index contributed by atoms with van der Waals surface area (Å²) >= 11 is 0. The average Bonchev–Trinajstić information content (AvgIpc) is 2.27. The summed E-state index contributed by atoms with van der Waals surface area (Å²) in [6.45, 7) is 3.68. The molecule has 1 rings (SSSR count). The normalized spacial score (nSPS) is 21.5. The molecule has 6 nitrogen and oxygen atoms in total. The van der Waals surface area contributed by atoms with Crippen LogP contribution in [0.4, 0.5) is 0 Å². The summed E-state index contributed by atoms with van der Waals surface area (Å²) in [5.74, 6) is -0.620. The molecule has 1 aliphatic heterocycles. The number of esters is 1. The first-order chi connectivity index (χ1) is 7.65. The molecule has 1 heterocycles. The van der Waals surface area contributed by atoms with Crippen LogP contribution in [0.1, 0.15) is 6.92 Å². The summed E-state index contributed by atoms with van der Waals surface area (Å²) in [5, 5.41) is 2.53. The predicted molar refractivity (Wildman–Crippen MR) is 56.9 cm³/mol. The lowest BCUT2D eigenvalue weighted by molar-refractivity contribution is -0.144. The molecule has 1 atom stereocenters. The fraction of sp³-hybridized carbons (Fsp3) is 0.800. The van der Waals surface area contributed by atoms with E-state index >= 15 is 0 Å². The lowest BCUT2D eigenvalue weighted by Gasteiger charge is -2.30. The Morgan fingerprint density at radius 1 is 1.56 bits per heavy atom. The van der Waals surface area contributed by atoms with Crippen molar-refractivity contribution in [3.63, 3.8) is 0 Å². The minimum Gasteiger partial charge on any atom is -0.465 e. The first kappa shape index (κ1) is 12.9. The summed E-state index contributed by atoms with van der Waals surface area (Å²) in [5.41, 5.74) is 0. The number of morpholine rings is 1. The minimum atomic E-state index is -0.421. The van der Waals surface area contributed by atoms with E-state index in [1.165, 1.54) is 0 Å². The molecule has 0 radical (unpaired) electrons. The van der Waals surface area contributed by atoms with Gasteiger partial charge in [0.2, 0.25) is 5.91 Å². The van der Waals surface area contributed by atoms with Gasteiger partial charge < -0.3 is 14.8 Å². The van der Waals surface area contributed by atoms with Crippen molar-refractivity contribution >= 4 is 11.9 Å². The summed E-state index contributed by atoms with van der Waals surface area (Å²) in [7, 11) is 1.86. The van der Waals surface area contributed by atoms with Crippen molar-refractivity contribution in [2.24, 2.45) is 0 Å². The molecule has 1 amide bonds. The SMILES string of the molecule is CCOC(=O)CNC(=O)[C@@H]1COCCN1C. The van der Waals surface area contributed by atoms with Gasteiger partial charge in [-0.2, -0.15) is 0 Å². The van der Waals surface area contributed by atoms with Gasteiger partial charge in [0.15, 0.2) is 0 Å². The van der Waals surface area contributed by atoms with Crippen LogP contribution in [0.5, 0.6) is 0 Å². The number of nitrogens with one attached hydrogen (secondary N) is 1. The lowest BCUT2D eigenvalue weighted by Crippen LogP contribution is -2.52. The molecule has 0 saturated carbocycles. The molecule has 16 heavy (non-hydrogen) atoms. The molecule has 0 spiro atoms. The molecule has 1 N–H and O–H groups in total. The number of likely N-dealkylation sites (N-methyl/N-ethyl adjacent to an activating group) is 1. The van der Waals surface area contributed by atoms with E-state index in [-0.39, 0.29) is 18.5 Å². The van der Waals surface area contributed by atoms with Gasteiger partial charge in [-0.1, -0.05) is 0 Å². The quantitative estimate of drug-likeness (QED) is 0.627. The number of rotatable bonds is 4. The molecule has 0 aromatic rings. The maximum atomic E-state index is 11.7. The average molecular weight is 230 g/mol. The number of carbonyl (C=O) groups is 2. The van der Waals surface area contributed by atoms with Gasteiger partial charge in [0.1, 0.15) is 12.6 Å². The van der Waals surface area contributed by atoms with Crippen molar-refractivity contribution in [1.82, 2.24) is 10.2 Å². The Bertz CT molecular complexity index is 257. The summed E-state index contributed by atoms with van der Waals surface area (Å²) < 4.78 is 9.92. The highest BCUT2D eigenvalue weighted by atomic mass is 16.5. The Balaban J connectivity index is 2.31. The zero-order chi connectivity index (χ0) is 12.0. The van der Waals surface area contributed by atoms with Gasteiger partial charge in [0.05, 0.1) is 19.8 Å². The Labute approximate surface area is 94.9 Å². The van der Waals surface area contributed by atoms with Crippen molar-refractivity contribution < 1.29 is 19.1 Å². The molecule has 6 heteroatoms. The fourth-order valence-electron chi connectivity index (χ4n) is 1.45. The first-order valence-corrected chi connectivity index (χ1v) is 5.36. The fourth-order valence-corrected chi connectivity index (χ4v) is 1.45. The van der Waals surface area contributed by atoms with E-state index in [1.54, 1.807) is 6.92 Å². The molecular formula is C10H18N2O4. The molecule has 0 unspecified atom stereocenters. The minimum absolute atomic E-state index is 0.0863.